The average Bonchev–Trinajstić information content (AvgIpc) is 2.70. The van der Waals surface area contributed by atoms with Gasteiger partial charge < -0.3 is 15.1 Å². The highest BCUT2D eigenvalue weighted by molar-refractivity contribution is 5.97. The molecule has 3 rings (SSSR count). The Morgan fingerprint density at radius 2 is 1.89 bits per heavy atom. The van der Waals surface area contributed by atoms with Crippen molar-refractivity contribution in [3.8, 4) is 0 Å². The van der Waals surface area contributed by atoms with Crippen LogP contribution in [0, 0.1) is 0 Å². The highest BCUT2D eigenvalue weighted by Gasteiger charge is 2.35. The second-order valence-corrected chi connectivity index (χ2v) is 6.70. The minimum atomic E-state index is -0.404. The Kier molecular flexibility index (Phi) is 6.01. The van der Waals surface area contributed by atoms with E-state index in [0.29, 0.717) is 31.0 Å². The van der Waals surface area contributed by atoms with Gasteiger partial charge in [-0.2, -0.15) is 0 Å². The number of piperazine rings is 1. The number of carbonyl (C=O) groups excluding carboxylic acids is 2. The van der Waals surface area contributed by atoms with Crippen molar-refractivity contribution in [2.45, 2.75) is 32.2 Å². The lowest BCUT2D eigenvalue weighted by atomic mass is 10.0. The summed E-state index contributed by atoms with van der Waals surface area (Å²) in [4.78, 5) is 37.3. The van der Waals surface area contributed by atoms with Gasteiger partial charge in [0.2, 0.25) is 11.9 Å². The zero-order chi connectivity index (χ0) is 19.2. The fourth-order valence-corrected chi connectivity index (χ4v) is 3.15. The molecule has 2 aromatic rings. The number of nitrogens with one attached hydrogen (secondary N) is 1. The largest absolute Gasteiger partial charge is 0.342 e. The van der Waals surface area contributed by atoms with Gasteiger partial charge in [0.15, 0.2) is 0 Å². The molecule has 1 aromatic carbocycles. The van der Waals surface area contributed by atoms with Crippen LogP contribution < -0.4 is 5.32 Å². The molecular weight excluding hydrogens is 342 g/mol. The number of unbranched alkanes of at least 4 members (excludes halogenated alkanes) is 1. The Bertz CT molecular complexity index is 779. The lowest BCUT2D eigenvalue weighted by molar-refractivity contribution is -0.138. The number of benzene rings is 1. The van der Waals surface area contributed by atoms with Crippen molar-refractivity contribution in [1.29, 1.82) is 0 Å². The number of rotatable bonds is 6. The first-order valence-corrected chi connectivity index (χ1v) is 9.30. The summed E-state index contributed by atoms with van der Waals surface area (Å²) in [5.41, 5.74) is 1.27. The van der Waals surface area contributed by atoms with Crippen LogP contribution in [-0.2, 0) is 4.79 Å². The first kappa shape index (κ1) is 18.8. The van der Waals surface area contributed by atoms with Crippen LogP contribution in [0.15, 0.2) is 42.7 Å². The minimum Gasteiger partial charge on any atom is -0.342 e. The average molecular weight is 367 g/mol. The third-order valence-electron chi connectivity index (χ3n) is 4.73. The maximum Gasteiger partial charge on any atom is 0.257 e. The van der Waals surface area contributed by atoms with Crippen molar-refractivity contribution in [3.05, 3.63) is 48.3 Å². The van der Waals surface area contributed by atoms with Crippen LogP contribution in [0.1, 0.15) is 36.5 Å². The number of nitrogens with zero attached hydrogens (tertiary/aromatic N) is 4. The first-order chi connectivity index (χ1) is 13.1. The van der Waals surface area contributed by atoms with Gasteiger partial charge in [0.25, 0.3) is 5.91 Å². The predicted molar refractivity (Wildman–Crippen MR) is 104 cm³/mol. The van der Waals surface area contributed by atoms with Gasteiger partial charge in [0.05, 0.1) is 5.56 Å². The van der Waals surface area contributed by atoms with E-state index in [1.54, 1.807) is 16.8 Å². The molecule has 7 heteroatoms. The van der Waals surface area contributed by atoms with Gasteiger partial charge in [-0.1, -0.05) is 38.0 Å². The number of amides is 2. The first-order valence-electron chi connectivity index (χ1n) is 9.30. The second-order valence-electron chi connectivity index (χ2n) is 6.70. The lowest BCUT2D eigenvalue weighted by Gasteiger charge is -2.39. The Hall–Kier alpha value is -2.96. The zero-order valence-corrected chi connectivity index (χ0v) is 15.8. The van der Waals surface area contributed by atoms with E-state index >= 15 is 0 Å². The maximum atomic E-state index is 12.9. The number of para-hydroxylation sites is 1. The minimum absolute atomic E-state index is 0.00586. The summed E-state index contributed by atoms with van der Waals surface area (Å²) in [5.74, 6) is 0.241. The molecule has 0 saturated carbocycles. The molecule has 142 valence electrons. The van der Waals surface area contributed by atoms with Crippen LogP contribution in [0.3, 0.4) is 0 Å². The van der Waals surface area contributed by atoms with E-state index < -0.39 is 6.04 Å². The molecule has 0 bridgehead atoms. The monoisotopic (exact) mass is 367 g/mol. The molecule has 1 N–H and O–H groups in total. The molecule has 7 nitrogen and oxygen atoms in total. The van der Waals surface area contributed by atoms with E-state index in [0.717, 1.165) is 18.5 Å². The van der Waals surface area contributed by atoms with Crippen molar-refractivity contribution in [2.75, 3.05) is 25.5 Å². The molecule has 1 atom stereocenters. The standard InChI is InChI=1S/C20H25N5O2/c1-3-4-10-17-19(27)24(2)11-12-25(17)18(26)15-13-21-20(22-14-15)23-16-8-6-5-7-9-16/h5-9,13-14,17H,3-4,10-12H2,1-2H3,(H,21,22,23). The topological polar surface area (TPSA) is 78.4 Å². The molecule has 2 amide bonds. The molecule has 0 radical (unpaired) electrons. The van der Waals surface area contributed by atoms with Crippen molar-refractivity contribution in [1.82, 2.24) is 19.8 Å². The van der Waals surface area contributed by atoms with Gasteiger partial charge in [0.1, 0.15) is 6.04 Å². The molecule has 1 aromatic heterocycles. The molecule has 0 spiro atoms. The molecule has 1 saturated heterocycles. The molecule has 2 heterocycles. The maximum absolute atomic E-state index is 12.9. The summed E-state index contributed by atoms with van der Waals surface area (Å²) in [6.07, 6.45) is 5.60. The second kappa shape index (κ2) is 8.62. The normalized spacial score (nSPS) is 17.1. The molecule has 1 unspecified atom stereocenters. The van der Waals surface area contributed by atoms with E-state index in [1.165, 1.54) is 12.4 Å². The Balaban J connectivity index is 1.72. The van der Waals surface area contributed by atoms with Crippen LogP contribution >= 0.6 is 0 Å². The van der Waals surface area contributed by atoms with E-state index in [-0.39, 0.29) is 11.8 Å². The van der Waals surface area contributed by atoms with Crippen molar-refractivity contribution in [3.63, 3.8) is 0 Å². The van der Waals surface area contributed by atoms with Gasteiger partial charge in [-0.3, -0.25) is 9.59 Å². The van der Waals surface area contributed by atoms with Crippen LogP contribution in [0.2, 0.25) is 0 Å². The van der Waals surface area contributed by atoms with E-state index in [2.05, 4.69) is 22.2 Å². The summed E-state index contributed by atoms with van der Waals surface area (Å²) in [6.45, 7) is 3.15. The number of hydrogen-bond acceptors (Lipinski definition) is 5. The quantitative estimate of drug-likeness (QED) is 0.849. The van der Waals surface area contributed by atoms with Gasteiger partial charge in [-0.05, 0) is 18.6 Å². The molecule has 1 aliphatic heterocycles. The molecular formula is C20H25N5O2. The summed E-state index contributed by atoms with van der Waals surface area (Å²) in [5, 5.41) is 3.09. The summed E-state index contributed by atoms with van der Waals surface area (Å²) in [6, 6.07) is 9.19. The van der Waals surface area contributed by atoms with Crippen LogP contribution in [0.5, 0.6) is 0 Å². The lowest BCUT2D eigenvalue weighted by Crippen LogP contribution is -2.57. The smallest absolute Gasteiger partial charge is 0.257 e. The fraction of sp³-hybridized carbons (Fsp3) is 0.400. The number of carbonyl (C=O) groups is 2. The van der Waals surface area contributed by atoms with Crippen molar-refractivity contribution in [2.24, 2.45) is 0 Å². The highest BCUT2D eigenvalue weighted by Crippen LogP contribution is 2.19. The number of hydrogen-bond donors (Lipinski definition) is 1. The summed E-state index contributed by atoms with van der Waals surface area (Å²) < 4.78 is 0. The van der Waals surface area contributed by atoms with E-state index in [9.17, 15) is 9.59 Å². The van der Waals surface area contributed by atoms with Gasteiger partial charge >= 0.3 is 0 Å². The van der Waals surface area contributed by atoms with Gasteiger partial charge in [0, 0.05) is 38.2 Å². The van der Waals surface area contributed by atoms with Crippen LogP contribution in [-0.4, -0.2) is 57.8 Å². The number of aromatic nitrogens is 2. The third-order valence-corrected chi connectivity index (χ3v) is 4.73. The molecule has 1 fully saturated rings. The number of anilines is 2. The predicted octanol–water partition coefficient (Wildman–Crippen LogP) is 2.69. The molecule has 1 aliphatic rings. The zero-order valence-electron chi connectivity index (χ0n) is 15.8. The summed E-state index contributed by atoms with van der Waals surface area (Å²) >= 11 is 0. The van der Waals surface area contributed by atoms with Crippen LogP contribution in [0.25, 0.3) is 0 Å². The van der Waals surface area contributed by atoms with Crippen LogP contribution in [0.4, 0.5) is 11.6 Å². The third kappa shape index (κ3) is 4.42. The highest BCUT2D eigenvalue weighted by atomic mass is 16.2. The Morgan fingerprint density at radius 3 is 2.56 bits per heavy atom. The molecule has 0 aliphatic carbocycles. The SMILES string of the molecule is CCCCC1C(=O)N(C)CCN1C(=O)c1cnc(Nc2ccccc2)nc1. The fourth-order valence-electron chi connectivity index (χ4n) is 3.15. The van der Waals surface area contributed by atoms with E-state index in [4.69, 9.17) is 0 Å². The van der Waals surface area contributed by atoms with Gasteiger partial charge in [-0.15, -0.1) is 0 Å². The summed E-state index contributed by atoms with van der Waals surface area (Å²) in [7, 11) is 1.79. The number of likely N-dealkylation sites (N-methyl/N-ethyl adjacent to an activating group) is 1. The van der Waals surface area contributed by atoms with E-state index in [1.807, 2.05) is 30.3 Å². The molecule has 27 heavy (non-hydrogen) atoms. The Labute approximate surface area is 159 Å². The van der Waals surface area contributed by atoms with Crippen molar-refractivity contribution < 1.29 is 9.59 Å². The van der Waals surface area contributed by atoms with Gasteiger partial charge in [-0.25, -0.2) is 9.97 Å². The van der Waals surface area contributed by atoms with Crippen molar-refractivity contribution >= 4 is 23.5 Å². The Morgan fingerprint density at radius 1 is 1.19 bits per heavy atom.